The zero-order valence-electron chi connectivity index (χ0n) is 10.9. The van der Waals surface area contributed by atoms with Gasteiger partial charge in [0.05, 0.1) is 6.26 Å². The Bertz CT molecular complexity index is 405. The third kappa shape index (κ3) is 4.43. The van der Waals surface area contributed by atoms with Crippen molar-refractivity contribution in [1.82, 2.24) is 5.32 Å². The summed E-state index contributed by atoms with van der Waals surface area (Å²) in [6.45, 7) is -0.254. The third-order valence-electron chi connectivity index (χ3n) is 3.28. The van der Waals surface area contributed by atoms with Crippen molar-refractivity contribution in [3.05, 3.63) is 24.2 Å². The van der Waals surface area contributed by atoms with E-state index in [2.05, 4.69) is 5.32 Å². The number of esters is 1. The molecule has 0 unspecified atom stereocenters. The van der Waals surface area contributed by atoms with E-state index in [1.807, 2.05) is 0 Å². The highest BCUT2D eigenvalue weighted by atomic mass is 16.5. The van der Waals surface area contributed by atoms with Crippen molar-refractivity contribution in [2.75, 3.05) is 6.61 Å². The summed E-state index contributed by atoms with van der Waals surface area (Å²) in [5, 5.41) is 2.91. The summed E-state index contributed by atoms with van der Waals surface area (Å²) in [4.78, 5) is 23.1. The van der Waals surface area contributed by atoms with Crippen LogP contribution in [0.4, 0.5) is 0 Å². The van der Waals surface area contributed by atoms with Gasteiger partial charge in [0.25, 0.3) is 5.91 Å². The van der Waals surface area contributed by atoms with Crippen LogP contribution in [-0.2, 0) is 9.53 Å². The average molecular weight is 265 g/mol. The van der Waals surface area contributed by atoms with Gasteiger partial charge < -0.3 is 14.5 Å². The number of carbonyl (C=O) groups excluding carboxylic acids is 2. The second-order valence-corrected chi connectivity index (χ2v) is 4.81. The molecule has 5 nitrogen and oxygen atoms in total. The van der Waals surface area contributed by atoms with Crippen LogP contribution in [0.5, 0.6) is 0 Å². The largest absolute Gasteiger partial charge is 0.457 e. The second kappa shape index (κ2) is 6.97. The lowest BCUT2D eigenvalue weighted by Crippen LogP contribution is -2.37. The van der Waals surface area contributed by atoms with Crippen molar-refractivity contribution in [2.24, 2.45) is 0 Å². The third-order valence-corrected chi connectivity index (χ3v) is 3.28. The fourth-order valence-electron chi connectivity index (χ4n) is 2.29. The molecule has 0 aromatic carbocycles. The smallest absolute Gasteiger partial charge is 0.374 e. The maximum Gasteiger partial charge on any atom is 0.374 e. The molecule has 1 aromatic rings. The number of rotatable bonds is 4. The number of carbonyl (C=O) groups is 2. The summed E-state index contributed by atoms with van der Waals surface area (Å²) in [6.07, 6.45) is 8.19. The molecule has 0 spiro atoms. The molecule has 0 radical (unpaired) electrons. The quantitative estimate of drug-likeness (QED) is 0.670. The van der Waals surface area contributed by atoms with Gasteiger partial charge in [-0.1, -0.05) is 25.7 Å². The van der Waals surface area contributed by atoms with E-state index in [1.165, 1.54) is 25.2 Å². The Labute approximate surface area is 112 Å². The molecule has 0 atom stereocenters. The number of nitrogens with one attached hydrogen (secondary N) is 1. The summed E-state index contributed by atoms with van der Waals surface area (Å²) in [7, 11) is 0. The van der Waals surface area contributed by atoms with Crippen molar-refractivity contribution in [3.8, 4) is 0 Å². The van der Waals surface area contributed by atoms with Crippen LogP contribution in [0.25, 0.3) is 0 Å². The van der Waals surface area contributed by atoms with Crippen LogP contribution in [0.3, 0.4) is 0 Å². The highest BCUT2D eigenvalue weighted by Gasteiger charge is 2.17. The van der Waals surface area contributed by atoms with Crippen LogP contribution in [0.1, 0.15) is 49.1 Å². The molecule has 1 N–H and O–H groups in total. The lowest BCUT2D eigenvalue weighted by atomic mass is 10.1. The number of furan rings is 1. The molecule has 1 aliphatic carbocycles. The Morgan fingerprint density at radius 2 is 2.00 bits per heavy atom. The van der Waals surface area contributed by atoms with E-state index < -0.39 is 5.97 Å². The Hall–Kier alpha value is -1.78. The number of hydrogen-bond donors (Lipinski definition) is 1. The second-order valence-electron chi connectivity index (χ2n) is 4.81. The first-order valence-electron chi connectivity index (χ1n) is 6.75. The molecule has 0 bridgehead atoms. The van der Waals surface area contributed by atoms with Crippen LogP contribution in [0, 0.1) is 0 Å². The Morgan fingerprint density at radius 3 is 2.63 bits per heavy atom. The topological polar surface area (TPSA) is 68.5 Å². The fourth-order valence-corrected chi connectivity index (χ4v) is 2.29. The van der Waals surface area contributed by atoms with Crippen LogP contribution in [0.2, 0.25) is 0 Å². The SMILES string of the molecule is O=C(COC(=O)c1ccco1)NC1CCCCCC1. The molecular weight excluding hydrogens is 246 g/mol. The Morgan fingerprint density at radius 1 is 1.26 bits per heavy atom. The van der Waals surface area contributed by atoms with Gasteiger partial charge in [0.1, 0.15) is 0 Å². The molecule has 0 aliphatic heterocycles. The number of hydrogen-bond acceptors (Lipinski definition) is 4. The molecule has 1 amide bonds. The van der Waals surface area contributed by atoms with E-state index in [0.717, 1.165) is 25.7 Å². The van der Waals surface area contributed by atoms with Crippen molar-refractivity contribution in [1.29, 1.82) is 0 Å². The van der Waals surface area contributed by atoms with E-state index in [0.29, 0.717) is 0 Å². The van der Waals surface area contributed by atoms with Gasteiger partial charge in [-0.2, -0.15) is 0 Å². The number of ether oxygens (including phenoxy) is 1. The zero-order chi connectivity index (χ0) is 13.5. The predicted octanol–water partition coefficient (Wildman–Crippen LogP) is 2.28. The lowest BCUT2D eigenvalue weighted by Gasteiger charge is -2.15. The molecule has 1 saturated carbocycles. The molecule has 19 heavy (non-hydrogen) atoms. The molecule has 1 heterocycles. The standard InChI is InChI=1S/C14H19NO4/c16-13(15-11-6-3-1-2-4-7-11)10-19-14(17)12-8-5-9-18-12/h5,8-9,11H,1-4,6-7,10H2,(H,15,16). The summed E-state index contributed by atoms with van der Waals surface area (Å²) < 4.78 is 9.76. The van der Waals surface area contributed by atoms with Gasteiger partial charge >= 0.3 is 5.97 Å². The van der Waals surface area contributed by atoms with Gasteiger partial charge in [-0.15, -0.1) is 0 Å². The highest BCUT2D eigenvalue weighted by Crippen LogP contribution is 2.17. The lowest BCUT2D eigenvalue weighted by molar-refractivity contribution is -0.125. The minimum atomic E-state index is -0.610. The minimum Gasteiger partial charge on any atom is -0.457 e. The summed E-state index contributed by atoms with van der Waals surface area (Å²) >= 11 is 0. The van der Waals surface area contributed by atoms with E-state index in [-0.39, 0.29) is 24.3 Å². The predicted molar refractivity (Wildman–Crippen MR) is 68.6 cm³/mol. The van der Waals surface area contributed by atoms with Gasteiger partial charge in [-0.3, -0.25) is 4.79 Å². The maximum absolute atomic E-state index is 11.7. The first-order valence-corrected chi connectivity index (χ1v) is 6.75. The van der Waals surface area contributed by atoms with Crippen molar-refractivity contribution in [3.63, 3.8) is 0 Å². The van der Waals surface area contributed by atoms with E-state index in [1.54, 1.807) is 6.07 Å². The molecule has 1 aliphatic rings. The first kappa shape index (κ1) is 13.6. The molecule has 1 aromatic heterocycles. The van der Waals surface area contributed by atoms with Crippen LogP contribution < -0.4 is 5.32 Å². The summed E-state index contributed by atoms with van der Waals surface area (Å²) in [5.74, 6) is -0.741. The zero-order valence-corrected chi connectivity index (χ0v) is 10.9. The van der Waals surface area contributed by atoms with Gasteiger partial charge in [-0.25, -0.2) is 4.79 Å². The van der Waals surface area contributed by atoms with Crippen LogP contribution >= 0.6 is 0 Å². The minimum absolute atomic E-state index is 0.113. The molecule has 104 valence electrons. The monoisotopic (exact) mass is 265 g/mol. The van der Waals surface area contributed by atoms with Gasteiger partial charge in [0, 0.05) is 6.04 Å². The van der Waals surface area contributed by atoms with Crippen LogP contribution in [-0.4, -0.2) is 24.5 Å². The van der Waals surface area contributed by atoms with Gasteiger partial charge in [0.2, 0.25) is 5.76 Å². The fraction of sp³-hybridized carbons (Fsp3) is 0.571. The van der Waals surface area contributed by atoms with Gasteiger partial charge in [-0.05, 0) is 25.0 Å². The summed E-state index contributed by atoms with van der Waals surface area (Å²) in [6, 6.07) is 3.32. The Balaban J connectivity index is 1.70. The molecular formula is C14H19NO4. The van der Waals surface area contributed by atoms with Gasteiger partial charge in [0.15, 0.2) is 6.61 Å². The number of amides is 1. The van der Waals surface area contributed by atoms with Crippen molar-refractivity contribution in [2.45, 2.75) is 44.6 Å². The van der Waals surface area contributed by atoms with Crippen molar-refractivity contribution < 1.29 is 18.7 Å². The molecule has 2 rings (SSSR count). The first-order chi connectivity index (χ1) is 9.25. The maximum atomic E-state index is 11.7. The summed E-state index contributed by atoms with van der Waals surface area (Å²) in [5.41, 5.74) is 0. The van der Waals surface area contributed by atoms with E-state index >= 15 is 0 Å². The normalized spacial score (nSPS) is 16.6. The average Bonchev–Trinajstić information content (AvgIpc) is 2.82. The molecule has 5 heteroatoms. The highest BCUT2D eigenvalue weighted by molar-refractivity contribution is 5.88. The molecule has 0 saturated heterocycles. The van der Waals surface area contributed by atoms with Crippen LogP contribution in [0.15, 0.2) is 22.8 Å². The van der Waals surface area contributed by atoms with E-state index in [9.17, 15) is 9.59 Å². The Kier molecular flexibility index (Phi) is 5.01. The molecule has 1 fully saturated rings. The van der Waals surface area contributed by atoms with E-state index in [4.69, 9.17) is 9.15 Å². The van der Waals surface area contributed by atoms with Crippen molar-refractivity contribution >= 4 is 11.9 Å².